The average Bonchev–Trinajstić information content (AvgIpc) is 2.51. The maximum Gasteiger partial charge on any atom is 0.139 e. The van der Waals surface area contributed by atoms with Crippen molar-refractivity contribution in [2.45, 2.75) is 0 Å². The molecule has 0 saturated heterocycles. The van der Waals surface area contributed by atoms with Crippen LogP contribution in [-0.4, -0.2) is 10.1 Å². The summed E-state index contributed by atoms with van der Waals surface area (Å²) in [5, 5.41) is 10.1. The lowest BCUT2D eigenvalue weighted by Gasteiger charge is -2.06. The van der Waals surface area contributed by atoms with Crippen LogP contribution in [0.2, 0.25) is 0 Å². The third-order valence-corrected chi connectivity index (χ3v) is 6.44. The molecule has 2 aromatic rings. The summed E-state index contributed by atoms with van der Waals surface area (Å²) in [6.07, 6.45) is 0. The van der Waals surface area contributed by atoms with Gasteiger partial charge < -0.3 is 10.1 Å². The normalized spacial score (nSPS) is 10.9. The Hall–Kier alpha value is 0.700. The fraction of sp³-hybridized carbons (Fsp3) is 0. The smallest absolute Gasteiger partial charge is 0.139 e. The Balaban J connectivity index is 2.72. The van der Waals surface area contributed by atoms with Crippen molar-refractivity contribution in [3.63, 3.8) is 0 Å². The van der Waals surface area contributed by atoms with E-state index in [1.54, 1.807) is 6.07 Å². The number of phenols is 1. The van der Waals surface area contributed by atoms with Gasteiger partial charge in [0.25, 0.3) is 0 Å². The molecule has 0 atom stereocenters. The summed E-state index contributed by atoms with van der Waals surface area (Å²) in [5.74, 6) is 0.190. The molecule has 2 N–H and O–H groups in total. The fourth-order valence-corrected chi connectivity index (χ4v) is 4.06. The second-order valence-electron chi connectivity index (χ2n) is 3.23. The monoisotopic (exact) mass is 551 g/mol. The minimum Gasteiger partial charge on any atom is -0.506 e. The standard InChI is InChI=1S/C10H4Br5NO/c11-3-1-4(9(17)5(12)2-3)8-6(13)7(14)10(15)16-8/h1-2,16-17H/i4+1,5+1. The third-order valence-electron chi connectivity index (χ3n) is 2.14. The van der Waals surface area contributed by atoms with Crippen LogP contribution < -0.4 is 0 Å². The highest BCUT2D eigenvalue weighted by Gasteiger charge is 2.17. The van der Waals surface area contributed by atoms with Crippen LogP contribution in [0.25, 0.3) is 11.3 Å². The lowest BCUT2D eigenvalue weighted by Crippen LogP contribution is -1.82. The Morgan fingerprint density at radius 1 is 0.941 bits per heavy atom. The van der Waals surface area contributed by atoms with Gasteiger partial charge in [-0.1, -0.05) is 15.9 Å². The number of phenolic OH excluding ortho intramolecular Hbond substituents is 1. The van der Waals surface area contributed by atoms with Gasteiger partial charge >= 0.3 is 0 Å². The molecular weight excluding hydrogens is 552 g/mol. The molecule has 0 amide bonds. The summed E-state index contributed by atoms with van der Waals surface area (Å²) in [7, 11) is 0. The van der Waals surface area contributed by atoms with E-state index in [0.29, 0.717) is 10.0 Å². The summed E-state index contributed by atoms with van der Waals surface area (Å²) in [4.78, 5) is 3.15. The van der Waals surface area contributed by atoms with E-state index in [9.17, 15) is 5.11 Å². The predicted octanol–water partition coefficient (Wildman–Crippen LogP) is 6.20. The zero-order valence-corrected chi connectivity index (χ0v) is 15.9. The minimum absolute atomic E-state index is 0.190. The second-order valence-corrected chi connectivity index (χ2v) is 7.37. The molecule has 17 heavy (non-hydrogen) atoms. The maximum atomic E-state index is 10.1. The Kier molecular flexibility index (Phi) is 4.45. The molecular formula is C10H4Br5NO. The number of aromatic nitrogens is 1. The van der Waals surface area contributed by atoms with Crippen LogP contribution in [0.5, 0.6) is 5.75 Å². The molecule has 0 aliphatic rings. The van der Waals surface area contributed by atoms with E-state index in [-0.39, 0.29) is 5.75 Å². The highest BCUT2D eigenvalue weighted by atomic mass is 79.9. The first-order valence-corrected chi connectivity index (χ1v) is 8.29. The minimum atomic E-state index is 0.190. The molecule has 0 aliphatic heterocycles. The van der Waals surface area contributed by atoms with Crippen LogP contribution in [-0.2, 0) is 0 Å². The molecule has 2 rings (SSSR count). The van der Waals surface area contributed by atoms with Crippen molar-refractivity contribution < 1.29 is 5.11 Å². The number of benzene rings is 1. The maximum absolute atomic E-state index is 10.1. The quantitative estimate of drug-likeness (QED) is 0.432. The van der Waals surface area contributed by atoms with Crippen molar-refractivity contribution in [3.8, 4) is 17.0 Å². The van der Waals surface area contributed by atoms with Crippen molar-refractivity contribution in [1.82, 2.24) is 4.98 Å². The van der Waals surface area contributed by atoms with Gasteiger partial charge in [0.2, 0.25) is 0 Å². The first-order valence-electron chi connectivity index (χ1n) is 4.32. The van der Waals surface area contributed by atoms with Crippen molar-refractivity contribution in [1.29, 1.82) is 0 Å². The summed E-state index contributed by atoms with van der Waals surface area (Å²) in [6.45, 7) is 0. The molecule has 7 heteroatoms. The van der Waals surface area contributed by atoms with E-state index in [1.807, 2.05) is 6.07 Å². The van der Waals surface area contributed by atoms with E-state index < -0.39 is 0 Å². The Labute approximate surface area is 140 Å². The number of aromatic amines is 1. The third kappa shape index (κ3) is 2.68. The fourth-order valence-electron chi connectivity index (χ4n) is 1.37. The van der Waals surface area contributed by atoms with Gasteiger partial charge in [-0.3, -0.25) is 0 Å². The Morgan fingerprint density at radius 2 is 1.59 bits per heavy atom. The van der Waals surface area contributed by atoms with E-state index in [1.165, 1.54) is 0 Å². The highest BCUT2D eigenvalue weighted by Crippen LogP contribution is 2.44. The molecule has 0 unspecified atom stereocenters. The first kappa shape index (κ1) is 14.1. The number of H-pyrrole nitrogens is 1. The van der Waals surface area contributed by atoms with Gasteiger partial charge in [0.05, 0.1) is 23.7 Å². The molecule has 0 aliphatic carbocycles. The van der Waals surface area contributed by atoms with Crippen molar-refractivity contribution >= 4 is 79.6 Å². The van der Waals surface area contributed by atoms with E-state index in [4.69, 9.17) is 0 Å². The number of nitrogens with one attached hydrogen (secondary N) is 1. The number of hydrogen-bond acceptors (Lipinski definition) is 1. The van der Waals surface area contributed by atoms with Crippen LogP contribution >= 0.6 is 79.6 Å². The molecule has 0 spiro atoms. The molecule has 0 radical (unpaired) electrons. The molecule has 0 saturated carbocycles. The van der Waals surface area contributed by atoms with Crippen LogP contribution in [0.15, 0.2) is 34.6 Å². The van der Waals surface area contributed by atoms with Gasteiger partial charge in [-0.05, 0) is 75.9 Å². The zero-order valence-electron chi connectivity index (χ0n) is 7.99. The molecule has 90 valence electrons. The molecule has 0 fully saturated rings. The van der Waals surface area contributed by atoms with Crippen LogP contribution in [0.1, 0.15) is 0 Å². The number of hydrogen-bond donors (Lipinski definition) is 2. The van der Waals surface area contributed by atoms with Gasteiger partial charge in [-0.15, -0.1) is 0 Å². The van der Waals surface area contributed by atoms with Crippen LogP contribution in [0.4, 0.5) is 0 Å². The van der Waals surface area contributed by atoms with Gasteiger partial charge in [-0.25, -0.2) is 0 Å². The number of rotatable bonds is 1. The van der Waals surface area contributed by atoms with Crippen molar-refractivity contribution in [3.05, 3.63) is 34.6 Å². The summed E-state index contributed by atoms with van der Waals surface area (Å²) < 4.78 is 4.06. The molecule has 1 aromatic carbocycles. The Bertz CT molecular complexity index is 593. The molecule has 1 heterocycles. The molecule has 1 aromatic heterocycles. The van der Waals surface area contributed by atoms with Gasteiger partial charge in [0.15, 0.2) is 0 Å². The summed E-state index contributed by atoms with van der Waals surface area (Å²) >= 11 is 17.0. The van der Waals surface area contributed by atoms with Crippen molar-refractivity contribution in [2.24, 2.45) is 0 Å². The topological polar surface area (TPSA) is 36.0 Å². The largest absolute Gasteiger partial charge is 0.506 e. The SMILES string of the molecule is Oc1[13c](Br)cc(Br)c[13c]1-c1[nH]c(Br)c(Br)c1Br. The van der Waals surface area contributed by atoms with Crippen LogP contribution in [0, 0.1) is 0 Å². The Morgan fingerprint density at radius 3 is 2.12 bits per heavy atom. The molecule has 0 bridgehead atoms. The average molecular weight is 556 g/mol. The van der Waals surface area contributed by atoms with E-state index in [2.05, 4.69) is 84.6 Å². The molecule has 2 nitrogen and oxygen atoms in total. The summed E-state index contributed by atoms with van der Waals surface area (Å²) in [6, 6.07) is 3.63. The lowest BCUT2D eigenvalue weighted by atomic mass is 10.4. The van der Waals surface area contributed by atoms with Crippen molar-refractivity contribution in [2.75, 3.05) is 0 Å². The second kappa shape index (κ2) is 5.36. The number of halogens is 5. The van der Waals surface area contributed by atoms with Gasteiger partial charge in [0.1, 0.15) is 5.75 Å². The van der Waals surface area contributed by atoms with E-state index >= 15 is 0 Å². The first-order chi connectivity index (χ1) is 7.91. The zero-order chi connectivity index (χ0) is 12.7. The summed E-state index contributed by atoms with van der Waals surface area (Å²) in [5.41, 5.74) is 1.49. The van der Waals surface area contributed by atoms with Gasteiger partial charge in [0, 0.05) is 10.0 Å². The number of aromatic hydroxyl groups is 1. The highest BCUT2D eigenvalue weighted by molar-refractivity contribution is 9.14. The van der Waals surface area contributed by atoms with Gasteiger partial charge in [-0.2, -0.15) is 0 Å². The lowest BCUT2D eigenvalue weighted by molar-refractivity contribution is 0.473. The van der Waals surface area contributed by atoms with E-state index in [0.717, 1.165) is 23.7 Å². The predicted molar refractivity (Wildman–Crippen MR) is 86.4 cm³/mol. The van der Waals surface area contributed by atoms with Crippen LogP contribution in [0.3, 0.4) is 0 Å².